The molecule has 1 heterocycles. The van der Waals surface area contributed by atoms with Gasteiger partial charge in [0.2, 0.25) is 0 Å². The van der Waals surface area contributed by atoms with Gasteiger partial charge in [0.1, 0.15) is 6.61 Å². The highest BCUT2D eigenvalue weighted by Gasteiger charge is 2.40. The molecule has 0 spiro atoms. The van der Waals surface area contributed by atoms with Crippen LogP contribution < -0.4 is 5.32 Å². The Morgan fingerprint density at radius 2 is 1.79 bits per heavy atom. The average Bonchev–Trinajstić information content (AvgIpc) is 3.03. The van der Waals surface area contributed by atoms with Crippen LogP contribution in [-0.2, 0) is 17.9 Å². The highest BCUT2D eigenvalue weighted by molar-refractivity contribution is 6.36. The molecule has 11 heteroatoms. The maximum atomic E-state index is 13.0. The summed E-state index contributed by atoms with van der Waals surface area (Å²) >= 11 is 12.5. The van der Waals surface area contributed by atoms with Crippen molar-refractivity contribution in [2.45, 2.75) is 39.3 Å². The number of nitrogens with zero attached hydrogens (tertiary/aromatic N) is 2. The molecule has 182 valence electrons. The number of hydrogen-bond donors (Lipinski definition) is 1. The fraction of sp³-hybridized carbons (Fsp3) is 0.304. The summed E-state index contributed by atoms with van der Waals surface area (Å²) in [6, 6.07) is 11.2. The van der Waals surface area contributed by atoms with Crippen LogP contribution in [0.4, 0.5) is 23.2 Å². The van der Waals surface area contributed by atoms with Crippen LogP contribution >= 0.6 is 23.2 Å². The van der Waals surface area contributed by atoms with Crippen LogP contribution in [0.2, 0.25) is 10.0 Å². The predicted octanol–water partition coefficient (Wildman–Crippen LogP) is 6.52. The van der Waals surface area contributed by atoms with Crippen molar-refractivity contribution in [2.24, 2.45) is 0 Å². The zero-order chi connectivity index (χ0) is 25.0. The number of aryl methyl sites for hydroxylation is 1. The minimum atomic E-state index is -4.24. The zero-order valence-electron chi connectivity index (χ0n) is 18.2. The Kier molecular flexibility index (Phi) is 8.22. The molecule has 0 saturated carbocycles. The Hall–Kier alpha value is -2.62. The molecule has 1 amide bonds. The summed E-state index contributed by atoms with van der Waals surface area (Å²) in [7, 11) is 0. The molecule has 0 saturated heterocycles. The third-order valence-electron chi connectivity index (χ3n) is 5.06. The standard InChI is InChI=1S/C23H21Cl2F4N3O2/c1-13-20(14(2)32(31-13)10-17-18(24)7-4-8-19(17)25)30-21(33)16-6-3-5-15(9-16)11-34-12-23(28,29)22(26)27/h3-9,22H,10-12H2,1-2H3,(H,30,33). The summed E-state index contributed by atoms with van der Waals surface area (Å²) in [5, 5.41) is 8.26. The summed E-state index contributed by atoms with van der Waals surface area (Å²) in [5.74, 6) is -4.69. The molecule has 5 nitrogen and oxygen atoms in total. The molecular weight excluding hydrogens is 497 g/mol. The molecule has 0 bridgehead atoms. The Morgan fingerprint density at radius 1 is 1.15 bits per heavy atom. The molecule has 3 aromatic rings. The normalized spacial score (nSPS) is 11.8. The highest BCUT2D eigenvalue weighted by Crippen LogP contribution is 2.28. The van der Waals surface area contributed by atoms with E-state index in [0.29, 0.717) is 44.8 Å². The molecule has 1 N–H and O–H groups in total. The Morgan fingerprint density at radius 3 is 2.44 bits per heavy atom. The van der Waals surface area contributed by atoms with Crippen LogP contribution in [0, 0.1) is 13.8 Å². The van der Waals surface area contributed by atoms with Gasteiger partial charge in [0.25, 0.3) is 5.91 Å². The molecule has 0 fully saturated rings. The first-order valence-electron chi connectivity index (χ1n) is 10.1. The number of halogens is 6. The Bertz CT molecular complexity index is 1160. The van der Waals surface area contributed by atoms with E-state index in [4.69, 9.17) is 27.9 Å². The number of carbonyl (C=O) groups excluding carboxylic acids is 1. The number of alkyl halides is 4. The predicted molar refractivity (Wildman–Crippen MR) is 122 cm³/mol. The van der Waals surface area contributed by atoms with Gasteiger partial charge in [0.05, 0.1) is 30.2 Å². The molecule has 0 radical (unpaired) electrons. The second kappa shape index (κ2) is 10.8. The second-order valence-electron chi connectivity index (χ2n) is 7.61. The quantitative estimate of drug-likeness (QED) is 0.328. The van der Waals surface area contributed by atoms with Crippen molar-refractivity contribution >= 4 is 34.8 Å². The third kappa shape index (κ3) is 6.08. The Labute approximate surface area is 203 Å². The lowest BCUT2D eigenvalue weighted by Gasteiger charge is -2.15. The fourth-order valence-electron chi connectivity index (χ4n) is 3.22. The summed E-state index contributed by atoms with van der Waals surface area (Å²) in [5.41, 5.74) is 3.07. The molecule has 2 aromatic carbocycles. The van der Waals surface area contributed by atoms with Crippen LogP contribution in [0.15, 0.2) is 42.5 Å². The van der Waals surface area contributed by atoms with E-state index in [-0.39, 0.29) is 12.2 Å². The monoisotopic (exact) mass is 517 g/mol. The zero-order valence-corrected chi connectivity index (χ0v) is 19.7. The van der Waals surface area contributed by atoms with Crippen LogP contribution in [-0.4, -0.2) is 34.6 Å². The number of ether oxygens (including phenoxy) is 1. The number of amides is 1. The van der Waals surface area contributed by atoms with Gasteiger partial charge in [0, 0.05) is 21.2 Å². The van der Waals surface area contributed by atoms with Crippen molar-refractivity contribution in [2.75, 3.05) is 11.9 Å². The lowest BCUT2D eigenvalue weighted by atomic mass is 10.1. The average molecular weight is 518 g/mol. The summed E-state index contributed by atoms with van der Waals surface area (Å²) < 4.78 is 56.9. The van der Waals surface area contributed by atoms with Gasteiger partial charge in [-0.25, -0.2) is 8.78 Å². The minimum absolute atomic E-state index is 0.238. The van der Waals surface area contributed by atoms with Crippen molar-refractivity contribution in [3.63, 3.8) is 0 Å². The maximum Gasteiger partial charge on any atom is 0.330 e. The number of rotatable bonds is 9. The lowest BCUT2D eigenvalue weighted by molar-refractivity contribution is -0.168. The van der Waals surface area contributed by atoms with E-state index < -0.39 is 24.9 Å². The first-order valence-corrected chi connectivity index (χ1v) is 10.9. The fourth-order valence-corrected chi connectivity index (χ4v) is 3.74. The number of carbonyl (C=O) groups is 1. The summed E-state index contributed by atoms with van der Waals surface area (Å²) in [4.78, 5) is 12.8. The second-order valence-corrected chi connectivity index (χ2v) is 8.43. The van der Waals surface area contributed by atoms with Gasteiger partial charge in [0.15, 0.2) is 0 Å². The van der Waals surface area contributed by atoms with Crippen molar-refractivity contribution in [1.29, 1.82) is 0 Å². The number of anilines is 1. The van der Waals surface area contributed by atoms with Gasteiger partial charge in [-0.05, 0) is 43.7 Å². The SMILES string of the molecule is Cc1nn(Cc2c(Cl)cccc2Cl)c(C)c1NC(=O)c1cccc(COCC(F)(F)C(F)F)c1. The number of nitrogens with one attached hydrogen (secondary N) is 1. The van der Waals surface area contributed by atoms with Crippen LogP contribution in [0.25, 0.3) is 0 Å². The first kappa shape index (κ1) is 26.0. The summed E-state index contributed by atoms with van der Waals surface area (Å²) in [6.45, 7) is 2.05. The van der Waals surface area contributed by atoms with Crippen molar-refractivity contribution in [1.82, 2.24) is 9.78 Å². The largest absolute Gasteiger partial charge is 0.370 e. The smallest absolute Gasteiger partial charge is 0.330 e. The molecule has 0 atom stereocenters. The topological polar surface area (TPSA) is 56.2 Å². The third-order valence-corrected chi connectivity index (χ3v) is 5.77. The van der Waals surface area contributed by atoms with Crippen molar-refractivity contribution in [3.8, 4) is 0 Å². The van der Waals surface area contributed by atoms with E-state index in [1.165, 1.54) is 12.1 Å². The number of aromatic nitrogens is 2. The molecule has 0 aliphatic rings. The highest BCUT2D eigenvalue weighted by atomic mass is 35.5. The van der Waals surface area contributed by atoms with Gasteiger partial charge in [-0.3, -0.25) is 9.48 Å². The van der Waals surface area contributed by atoms with Crippen molar-refractivity contribution in [3.05, 3.63) is 80.6 Å². The first-order chi connectivity index (χ1) is 16.0. The van der Waals surface area contributed by atoms with E-state index in [1.807, 2.05) is 0 Å². The van der Waals surface area contributed by atoms with Crippen molar-refractivity contribution < 1.29 is 27.1 Å². The molecular formula is C23H21Cl2F4N3O2. The van der Waals surface area contributed by atoms with Gasteiger partial charge >= 0.3 is 12.3 Å². The van der Waals surface area contributed by atoms with Gasteiger partial charge in [-0.15, -0.1) is 0 Å². The van der Waals surface area contributed by atoms with Crippen LogP contribution in [0.3, 0.4) is 0 Å². The molecule has 0 aliphatic heterocycles. The lowest BCUT2D eigenvalue weighted by Crippen LogP contribution is -2.32. The van der Waals surface area contributed by atoms with Crippen LogP contribution in [0.5, 0.6) is 0 Å². The molecule has 0 unspecified atom stereocenters. The molecule has 1 aromatic heterocycles. The molecule has 3 rings (SSSR count). The van der Waals surface area contributed by atoms with E-state index in [9.17, 15) is 22.4 Å². The van der Waals surface area contributed by atoms with E-state index >= 15 is 0 Å². The summed E-state index contributed by atoms with van der Waals surface area (Å²) in [6.07, 6.45) is -3.81. The van der Waals surface area contributed by atoms with E-state index in [2.05, 4.69) is 10.4 Å². The van der Waals surface area contributed by atoms with E-state index in [0.717, 1.165) is 0 Å². The minimum Gasteiger partial charge on any atom is -0.370 e. The van der Waals surface area contributed by atoms with Gasteiger partial charge in [-0.1, -0.05) is 41.4 Å². The van der Waals surface area contributed by atoms with Gasteiger partial charge < -0.3 is 10.1 Å². The number of hydrogen-bond acceptors (Lipinski definition) is 3. The molecule has 34 heavy (non-hydrogen) atoms. The maximum absolute atomic E-state index is 13.0. The Balaban J connectivity index is 1.71. The number of benzene rings is 2. The molecule has 0 aliphatic carbocycles. The van der Waals surface area contributed by atoms with Gasteiger partial charge in [-0.2, -0.15) is 13.9 Å². The van der Waals surface area contributed by atoms with Crippen LogP contribution in [0.1, 0.15) is 32.9 Å². The van der Waals surface area contributed by atoms with E-state index in [1.54, 1.807) is 48.9 Å².